The fourth-order valence-electron chi connectivity index (χ4n) is 1.90. The highest BCUT2D eigenvalue weighted by atomic mass is 15.1. The quantitative estimate of drug-likeness (QED) is 0.781. The van der Waals surface area contributed by atoms with E-state index < -0.39 is 0 Å². The molecule has 90 valence electrons. The number of hydrogen-bond acceptors (Lipinski definition) is 4. The van der Waals surface area contributed by atoms with Gasteiger partial charge in [0, 0.05) is 31.7 Å². The Balaban J connectivity index is 2.38. The highest BCUT2D eigenvalue weighted by Gasteiger charge is 2.08. The number of anilines is 2. The average molecular weight is 230 g/mol. The van der Waals surface area contributed by atoms with E-state index in [1.54, 1.807) is 6.20 Å². The van der Waals surface area contributed by atoms with Crippen molar-refractivity contribution in [3.63, 3.8) is 0 Å². The lowest BCUT2D eigenvalue weighted by Crippen LogP contribution is -2.27. The zero-order valence-electron chi connectivity index (χ0n) is 10.3. The molecule has 3 N–H and O–H groups in total. The fourth-order valence-corrected chi connectivity index (χ4v) is 1.90. The number of fused-ring (bicyclic) bond motifs is 1. The van der Waals surface area contributed by atoms with Gasteiger partial charge in [-0.15, -0.1) is 0 Å². The molecule has 0 aliphatic heterocycles. The number of nitrogens with zero attached hydrogens (tertiary/aromatic N) is 2. The van der Waals surface area contributed by atoms with Crippen molar-refractivity contribution in [3.05, 3.63) is 30.5 Å². The molecule has 2 aromatic rings. The summed E-state index contributed by atoms with van der Waals surface area (Å²) >= 11 is 0. The van der Waals surface area contributed by atoms with Gasteiger partial charge in [0.05, 0.1) is 16.9 Å². The first-order chi connectivity index (χ1) is 8.24. The molecule has 0 radical (unpaired) electrons. The Morgan fingerprint density at radius 3 is 2.94 bits per heavy atom. The summed E-state index contributed by atoms with van der Waals surface area (Å²) < 4.78 is 0. The highest BCUT2D eigenvalue weighted by molar-refractivity contribution is 5.97. The van der Waals surface area contributed by atoms with Gasteiger partial charge in [0.25, 0.3) is 0 Å². The van der Waals surface area contributed by atoms with Crippen molar-refractivity contribution in [2.75, 3.05) is 37.8 Å². The Labute approximate surface area is 101 Å². The SMILES string of the molecule is CNCCN(C)c1ccc2ncccc2c1N. The van der Waals surface area contributed by atoms with E-state index in [0.29, 0.717) is 0 Å². The van der Waals surface area contributed by atoms with Crippen LogP contribution in [0.1, 0.15) is 0 Å². The van der Waals surface area contributed by atoms with Crippen LogP contribution in [0.15, 0.2) is 30.5 Å². The molecule has 0 spiro atoms. The highest BCUT2D eigenvalue weighted by Crippen LogP contribution is 2.29. The van der Waals surface area contributed by atoms with Gasteiger partial charge >= 0.3 is 0 Å². The van der Waals surface area contributed by atoms with E-state index in [1.807, 2.05) is 38.4 Å². The number of nitrogens with two attached hydrogens (primary N) is 1. The smallest absolute Gasteiger partial charge is 0.0724 e. The number of aromatic nitrogens is 1. The molecule has 0 saturated carbocycles. The molecule has 1 aromatic carbocycles. The van der Waals surface area contributed by atoms with Crippen LogP contribution < -0.4 is 16.0 Å². The number of hydrogen-bond donors (Lipinski definition) is 2. The summed E-state index contributed by atoms with van der Waals surface area (Å²) in [6.07, 6.45) is 1.78. The van der Waals surface area contributed by atoms with E-state index in [4.69, 9.17) is 5.73 Å². The van der Waals surface area contributed by atoms with Crippen LogP contribution in [0, 0.1) is 0 Å². The second-order valence-electron chi connectivity index (χ2n) is 4.09. The van der Waals surface area contributed by atoms with E-state index in [2.05, 4.69) is 15.2 Å². The predicted octanol–water partition coefficient (Wildman–Crippen LogP) is 1.47. The van der Waals surface area contributed by atoms with Gasteiger partial charge in [-0.2, -0.15) is 0 Å². The Hall–Kier alpha value is -1.81. The van der Waals surface area contributed by atoms with E-state index in [1.165, 1.54) is 0 Å². The third-order valence-corrected chi connectivity index (χ3v) is 2.91. The molecule has 0 atom stereocenters. The van der Waals surface area contributed by atoms with Crippen LogP contribution in [0.4, 0.5) is 11.4 Å². The number of pyridine rings is 1. The van der Waals surface area contributed by atoms with Gasteiger partial charge in [0.15, 0.2) is 0 Å². The number of benzene rings is 1. The summed E-state index contributed by atoms with van der Waals surface area (Å²) in [7, 11) is 3.99. The van der Waals surface area contributed by atoms with Crippen molar-refractivity contribution >= 4 is 22.3 Å². The van der Waals surface area contributed by atoms with Gasteiger partial charge in [0.1, 0.15) is 0 Å². The van der Waals surface area contributed by atoms with Crippen LogP contribution in [0.3, 0.4) is 0 Å². The average Bonchev–Trinajstić information content (AvgIpc) is 2.37. The van der Waals surface area contributed by atoms with Crippen molar-refractivity contribution in [1.29, 1.82) is 0 Å². The van der Waals surface area contributed by atoms with Crippen LogP contribution in [-0.2, 0) is 0 Å². The van der Waals surface area contributed by atoms with E-state index in [9.17, 15) is 0 Å². The molecule has 0 unspecified atom stereocenters. The van der Waals surface area contributed by atoms with E-state index >= 15 is 0 Å². The van der Waals surface area contributed by atoms with E-state index in [0.717, 1.165) is 35.4 Å². The summed E-state index contributed by atoms with van der Waals surface area (Å²) in [4.78, 5) is 6.44. The summed E-state index contributed by atoms with van der Waals surface area (Å²) in [6.45, 7) is 1.85. The maximum absolute atomic E-state index is 6.19. The molecule has 0 aliphatic rings. The van der Waals surface area contributed by atoms with Gasteiger partial charge in [-0.3, -0.25) is 4.98 Å². The Morgan fingerprint density at radius 1 is 1.35 bits per heavy atom. The minimum atomic E-state index is 0.800. The maximum Gasteiger partial charge on any atom is 0.0724 e. The molecule has 1 heterocycles. The molecule has 4 heteroatoms. The first-order valence-electron chi connectivity index (χ1n) is 5.73. The van der Waals surface area contributed by atoms with Crippen molar-refractivity contribution in [3.8, 4) is 0 Å². The standard InChI is InChI=1S/C13H18N4/c1-15-8-9-17(2)12-6-5-11-10(13(12)14)4-3-7-16-11/h3-7,15H,8-9,14H2,1-2H3. The summed E-state index contributed by atoms with van der Waals surface area (Å²) in [5.41, 5.74) is 8.99. The Kier molecular flexibility index (Phi) is 3.44. The summed E-state index contributed by atoms with van der Waals surface area (Å²) in [6, 6.07) is 7.96. The van der Waals surface area contributed by atoms with Crippen molar-refractivity contribution in [1.82, 2.24) is 10.3 Å². The lowest BCUT2D eigenvalue weighted by Gasteiger charge is -2.21. The van der Waals surface area contributed by atoms with Crippen LogP contribution in [-0.4, -0.2) is 32.2 Å². The molecular weight excluding hydrogens is 212 g/mol. The molecular formula is C13H18N4. The first-order valence-corrected chi connectivity index (χ1v) is 5.73. The summed E-state index contributed by atoms with van der Waals surface area (Å²) in [5.74, 6) is 0. The molecule has 4 nitrogen and oxygen atoms in total. The lowest BCUT2D eigenvalue weighted by molar-refractivity contribution is 0.768. The van der Waals surface area contributed by atoms with Gasteiger partial charge in [0.2, 0.25) is 0 Å². The monoisotopic (exact) mass is 230 g/mol. The zero-order chi connectivity index (χ0) is 12.3. The molecule has 0 saturated heterocycles. The number of likely N-dealkylation sites (N-methyl/N-ethyl adjacent to an activating group) is 2. The molecule has 0 bridgehead atoms. The zero-order valence-corrected chi connectivity index (χ0v) is 10.3. The number of nitrogens with one attached hydrogen (secondary N) is 1. The van der Waals surface area contributed by atoms with Crippen LogP contribution in [0.5, 0.6) is 0 Å². The molecule has 0 fully saturated rings. The first kappa shape index (κ1) is 11.7. The van der Waals surface area contributed by atoms with Gasteiger partial charge in [-0.1, -0.05) is 0 Å². The summed E-state index contributed by atoms with van der Waals surface area (Å²) in [5, 5.41) is 4.15. The second kappa shape index (κ2) is 5.01. The molecule has 0 amide bonds. The third-order valence-electron chi connectivity index (χ3n) is 2.91. The number of rotatable bonds is 4. The van der Waals surface area contributed by atoms with Crippen molar-refractivity contribution in [2.45, 2.75) is 0 Å². The van der Waals surface area contributed by atoms with Gasteiger partial charge in [-0.25, -0.2) is 0 Å². The fraction of sp³-hybridized carbons (Fsp3) is 0.308. The van der Waals surface area contributed by atoms with Gasteiger partial charge < -0.3 is 16.0 Å². The Morgan fingerprint density at radius 2 is 2.18 bits per heavy atom. The topological polar surface area (TPSA) is 54.2 Å². The van der Waals surface area contributed by atoms with Crippen LogP contribution in [0.2, 0.25) is 0 Å². The molecule has 1 aromatic heterocycles. The minimum Gasteiger partial charge on any atom is -0.396 e. The normalized spacial score (nSPS) is 10.7. The number of nitrogen functional groups attached to an aromatic ring is 1. The van der Waals surface area contributed by atoms with E-state index in [-0.39, 0.29) is 0 Å². The second-order valence-corrected chi connectivity index (χ2v) is 4.09. The lowest BCUT2D eigenvalue weighted by atomic mass is 10.1. The molecule has 2 rings (SSSR count). The van der Waals surface area contributed by atoms with Crippen molar-refractivity contribution in [2.24, 2.45) is 0 Å². The third kappa shape index (κ3) is 2.31. The van der Waals surface area contributed by atoms with Crippen LogP contribution in [0.25, 0.3) is 10.9 Å². The largest absolute Gasteiger partial charge is 0.396 e. The molecule has 17 heavy (non-hydrogen) atoms. The predicted molar refractivity (Wildman–Crippen MR) is 73.4 cm³/mol. The molecule has 0 aliphatic carbocycles. The minimum absolute atomic E-state index is 0.800. The van der Waals surface area contributed by atoms with Gasteiger partial charge in [-0.05, 0) is 31.3 Å². The Bertz CT molecular complexity index is 510. The van der Waals surface area contributed by atoms with Crippen LogP contribution >= 0.6 is 0 Å². The van der Waals surface area contributed by atoms with Crippen molar-refractivity contribution < 1.29 is 0 Å². The maximum atomic E-state index is 6.19.